The number of carboxylic acid groups (broad SMARTS) is 1. The first-order chi connectivity index (χ1) is 17.7. The van der Waals surface area contributed by atoms with Gasteiger partial charge in [0.2, 0.25) is 0 Å². The second kappa shape index (κ2) is 9.59. The van der Waals surface area contributed by atoms with Gasteiger partial charge in [0, 0.05) is 48.0 Å². The van der Waals surface area contributed by atoms with Gasteiger partial charge in [0.15, 0.2) is 0 Å². The van der Waals surface area contributed by atoms with Crippen molar-refractivity contribution >= 4 is 16.9 Å². The summed E-state index contributed by atoms with van der Waals surface area (Å²) < 4.78 is 46.7. The van der Waals surface area contributed by atoms with Gasteiger partial charge in [-0.05, 0) is 55.2 Å². The molecule has 0 unspecified atom stereocenters. The van der Waals surface area contributed by atoms with Crippen molar-refractivity contribution in [2.24, 2.45) is 0 Å². The first-order valence-corrected chi connectivity index (χ1v) is 12.0. The minimum absolute atomic E-state index is 0.167. The van der Waals surface area contributed by atoms with Gasteiger partial charge in [-0.1, -0.05) is 12.1 Å². The number of nitrogens with one attached hydrogen (secondary N) is 1. The van der Waals surface area contributed by atoms with Crippen LogP contribution in [0.3, 0.4) is 0 Å². The number of H-pyrrole nitrogens is 1. The van der Waals surface area contributed by atoms with Crippen LogP contribution in [-0.2, 0) is 12.7 Å². The lowest BCUT2D eigenvalue weighted by Crippen LogP contribution is -2.37. The van der Waals surface area contributed by atoms with Crippen molar-refractivity contribution in [3.63, 3.8) is 0 Å². The van der Waals surface area contributed by atoms with Crippen LogP contribution in [-0.4, -0.2) is 44.4 Å². The second-order valence-corrected chi connectivity index (χ2v) is 9.44. The van der Waals surface area contributed by atoms with Gasteiger partial charge in [-0.25, -0.2) is 4.79 Å². The Bertz CT molecular complexity index is 1430. The molecule has 2 atom stereocenters. The van der Waals surface area contributed by atoms with E-state index >= 15 is 0 Å². The van der Waals surface area contributed by atoms with E-state index in [9.17, 15) is 23.1 Å². The maximum atomic E-state index is 13.2. The lowest BCUT2D eigenvalue weighted by Gasteiger charge is -2.40. The Morgan fingerprint density at radius 1 is 1.24 bits per heavy atom. The number of likely N-dealkylation sites (tertiary alicyclic amines) is 1. The minimum atomic E-state index is -4.45. The highest BCUT2D eigenvalue weighted by Crippen LogP contribution is 2.41. The highest BCUT2D eigenvalue weighted by molar-refractivity contribution is 5.88. The molecular weight excluding hydrogens is 485 g/mol. The Morgan fingerprint density at radius 2 is 2.00 bits per heavy atom. The molecule has 5 rings (SSSR count). The number of aryl methyl sites for hydroxylation is 1. The number of fused-ring (bicyclic) bond motifs is 1. The van der Waals surface area contributed by atoms with E-state index in [1.54, 1.807) is 31.4 Å². The van der Waals surface area contributed by atoms with Crippen molar-refractivity contribution in [2.75, 3.05) is 13.7 Å². The number of carbonyl (C=O) groups is 1. The van der Waals surface area contributed by atoms with E-state index in [4.69, 9.17) is 4.74 Å². The van der Waals surface area contributed by atoms with Gasteiger partial charge in [-0.3, -0.25) is 9.58 Å². The standard InChI is InChI=1S/C27H27F3N4O3/c1-16-11-24(37-2)22(21-7-9-31-25(16)21)15-33-10-8-20(34-14-19(13-32-34)27(28,29)30)12-23(33)17-3-5-18(6-4-17)26(35)36/h3-7,9,11,13-14,20,23,31H,8,10,12,15H2,1-2H3,(H,35,36)/t20-,23-/m1/s1. The number of alkyl halides is 3. The van der Waals surface area contributed by atoms with Crippen LogP contribution >= 0.6 is 0 Å². The molecule has 0 radical (unpaired) electrons. The summed E-state index contributed by atoms with van der Waals surface area (Å²) in [5.41, 5.74) is 3.43. The van der Waals surface area contributed by atoms with Crippen molar-refractivity contribution in [3.05, 3.63) is 82.8 Å². The molecule has 7 nitrogen and oxygen atoms in total. The van der Waals surface area contributed by atoms with Gasteiger partial charge in [0.1, 0.15) is 5.75 Å². The number of aromatic amines is 1. The molecule has 4 aromatic rings. The Hall–Kier alpha value is -3.79. The van der Waals surface area contributed by atoms with Gasteiger partial charge in [0.05, 0.1) is 30.5 Å². The molecule has 2 N–H and O–H groups in total. The zero-order chi connectivity index (χ0) is 26.3. The van der Waals surface area contributed by atoms with Gasteiger partial charge >= 0.3 is 12.1 Å². The van der Waals surface area contributed by atoms with E-state index in [0.29, 0.717) is 25.9 Å². The number of methoxy groups -OCH3 is 1. The zero-order valence-corrected chi connectivity index (χ0v) is 20.4. The molecule has 194 valence electrons. The SMILES string of the molecule is COc1cc(C)c2[nH]ccc2c1CN1CC[C@@H](n2cc(C(F)(F)F)cn2)C[C@@H]1c1ccc(C(=O)O)cc1. The molecule has 0 amide bonds. The van der Waals surface area contributed by atoms with E-state index in [2.05, 4.69) is 15.0 Å². The number of rotatable bonds is 6. The van der Waals surface area contributed by atoms with Crippen LogP contribution < -0.4 is 4.74 Å². The van der Waals surface area contributed by atoms with Crippen LogP contribution in [0.5, 0.6) is 5.75 Å². The summed E-state index contributed by atoms with van der Waals surface area (Å²) in [6.45, 7) is 3.19. The maximum absolute atomic E-state index is 13.2. The summed E-state index contributed by atoms with van der Waals surface area (Å²) in [7, 11) is 1.64. The third-order valence-electron chi connectivity index (χ3n) is 7.22. The Morgan fingerprint density at radius 3 is 2.65 bits per heavy atom. The molecule has 1 aliphatic rings. The number of piperidine rings is 1. The zero-order valence-electron chi connectivity index (χ0n) is 20.4. The van der Waals surface area contributed by atoms with Crippen molar-refractivity contribution in [1.82, 2.24) is 19.7 Å². The van der Waals surface area contributed by atoms with E-state index in [0.717, 1.165) is 45.7 Å². The predicted molar refractivity (Wildman–Crippen MR) is 132 cm³/mol. The maximum Gasteiger partial charge on any atom is 0.419 e. The quantitative estimate of drug-likeness (QED) is 0.332. The smallest absolute Gasteiger partial charge is 0.419 e. The largest absolute Gasteiger partial charge is 0.496 e. The van der Waals surface area contributed by atoms with E-state index in [1.807, 2.05) is 25.3 Å². The number of carboxylic acids is 1. The van der Waals surface area contributed by atoms with Crippen molar-refractivity contribution < 1.29 is 27.8 Å². The Labute approximate surface area is 211 Å². The number of nitrogens with zero attached hydrogens (tertiary/aromatic N) is 3. The molecule has 1 aliphatic heterocycles. The molecule has 0 bridgehead atoms. The van der Waals surface area contributed by atoms with E-state index in [1.165, 1.54) is 4.68 Å². The van der Waals surface area contributed by atoms with Gasteiger partial charge in [-0.15, -0.1) is 0 Å². The summed E-state index contributed by atoms with van der Waals surface area (Å²) in [5.74, 6) is -0.242. The monoisotopic (exact) mass is 512 g/mol. The highest BCUT2D eigenvalue weighted by Gasteiger charge is 2.35. The van der Waals surface area contributed by atoms with Crippen molar-refractivity contribution in [2.45, 2.75) is 44.6 Å². The number of halogens is 3. The van der Waals surface area contributed by atoms with Crippen molar-refractivity contribution in [1.29, 1.82) is 0 Å². The topological polar surface area (TPSA) is 83.4 Å². The van der Waals surface area contributed by atoms with Crippen LogP contribution in [0.1, 0.15) is 57.5 Å². The summed E-state index contributed by atoms with van der Waals surface area (Å²) in [4.78, 5) is 16.9. The average Bonchev–Trinajstić information content (AvgIpc) is 3.56. The fraction of sp³-hybridized carbons (Fsp3) is 0.333. The minimum Gasteiger partial charge on any atom is -0.496 e. The number of aromatic carboxylic acids is 1. The number of ether oxygens (including phenoxy) is 1. The predicted octanol–water partition coefficient (Wildman–Crippen LogP) is 5.98. The summed E-state index contributed by atoms with van der Waals surface area (Å²) in [5, 5.41) is 14.4. The molecule has 10 heteroatoms. The number of hydrogen-bond acceptors (Lipinski definition) is 4. The Balaban J connectivity index is 1.50. The number of hydrogen-bond donors (Lipinski definition) is 2. The van der Waals surface area contributed by atoms with E-state index < -0.39 is 17.7 Å². The van der Waals surface area contributed by atoms with Crippen LogP contribution in [0, 0.1) is 6.92 Å². The summed E-state index contributed by atoms with van der Waals surface area (Å²) in [6, 6.07) is 10.3. The lowest BCUT2D eigenvalue weighted by atomic mass is 9.90. The second-order valence-electron chi connectivity index (χ2n) is 9.44. The highest BCUT2D eigenvalue weighted by atomic mass is 19.4. The number of benzene rings is 2. The van der Waals surface area contributed by atoms with Crippen LogP contribution in [0.15, 0.2) is 55.0 Å². The molecule has 3 heterocycles. The van der Waals surface area contributed by atoms with Crippen molar-refractivity contribution in [3.8, 4) is 5.75 Å². The summed E-state index contributed by atoms with van der Waals surface area (Å²) in [6.07, 6.45) is 0.517. The molecule has 0 spiro atoms. The molecule has 2 aromatic heterocycles. The molecule has 1 saturated heterocycles. The van der Waals surface area contributed by atoms with Crippen LogP contribution in [0.2, 0.25) is 0 Å². The third kappa shape index (κ3) is 4.81. The summed E-state index contributed by atoms with van der Waals surface area (Å²) >= 11 is 0. The normalized spacial score (nSPS) is 18.8. The van der Waals surface area contributed by atoms with Crippen LogP contribution in [0.4, 0.5) is 13.2 Å². The first kappa shape index (κ1) is 24.9. The Kier molecular flexibility index (Phi) is 6.45. The van der Waals surface area contributed by atoms with Crippen LogP contribution in [0.25, 0.3) is 10.9 Å². The number of aromatic nitrogens is 3. The molecule has 0 aliphatic carbocycles. The van der Waals surface area contributed by atoms with Gasteiger partial charge in [-0.2, -0.15) is 18.3 Å². The average molecular weight is 513 g/mol. The fourth-order valence-electron chi connectivity index (χ4n) is 5.29. The van der Waals surface area contributed by atoms with E-state index in [-0.39, 0.29) is 17.6 Å². The van der Waals surface area contributed by atoms with Gasteiger partial charge in [0.25, 0.3) is 0 Å². The van der Waals surface area contributed by atoms with Gasteiger partial charge < -0.3 is 14.8 Å². The fourth-order valence-corrected chi connectivity index (χ4v) is 5.29. The molecule has 2 aromatic carbocycles. The lowest BCUT2D eigenvalue weighted by molar-refractivity contribution is -0.137. The molecule has 37 heavy (non-hydrogen) atoms. The molecule has 1 fully saturated rings. The molecular formula is C27H27F3N4O3. The molecule has 0 saturated carbocycles. The first-order valence-electron chi connectivity index (χ1n) is 12.0. The third-order valence-corrected chi connectivity index (χ3v) is 7.22.